The highest BCUT2D eigenvalue weighted by Gasteiger charge is 2.24. The monoisotopic (exact) mass is 733 g/mol. The first-order valence-corrected chi connectivity index (χ1v) is 19.1. The van der Waals surface area contributed by atoms with Crippen LogP contribution in [0, 0.1) is 0 Å². The third-order valence-corrected chi connectivity index (χ3v) is 11.0. The van der Waals surface area contributed by atoms with Crippen molar-refractivity contribution >= 4 is 55.4 Å². The molecule has 7 nitrogen and oxygen atoms in total. The summed E-state index contributed by atoms with van der Waals surface area (Å²) in [6.07, 6.45) is 3.68. The van der Waals surface area contributed by atoms with E-state index in [0.29, 0.717) is 17.5 Å². The predicted octanol–water partition coefficient (Wildman–Crippen LogP) is 11.6. The highest BCUT2D eigenvalue weighted by molar-refractivity contribution is 6.13. The minimum absolute atomic E-state index is 0.313. The summed E-state index contributed by atoms with van der Waals surface area (Å²) in [7, 11) is 2.06. The maximum atomic E-state index is 5.18. The minimum Gasteiger partial charge on any atom is -0.341 e. The lowest BCUT2D eigenvalue weighted by Crippen LogP contribution is -2.26. The first-order chi connectivity index (χ1) is 28.2. The minimum atomic E-state index is -0.313. The van der Waals surface area contributed by atoms with Gasteiger partial charge >= 0.3 is 0 Å². The largest absolute Gasteiger partial charge is 0.341 e. The van der Waals surface area contributed by atoms with Crippen molar-refractivity contribution in [2.75, 3.05) is 7.05 Å². The lowest BCUT2D eigenvalue weighted by atomic mass is 10.0. The van der Waals surface area contributed by atoms with Crippen LogP contribution in [0.25, 0.3) is 88.8 Å². The highest BCUT2D eigenvalue weighted by atomic mass is 15.4. The molecule has 0 N–H and O–H groups in total. The van der Waals surface area contributed by atoms with Crippen LogP contribution >= 0.6 is 0 Å². The van der Waals surface area contributed by atoms with Crippen LogP contribution in [-0.4, -0.2) is 42.2 Å². The molecule has 1 aliphatic rings. The maximum absolute atomic E-state index is 5.18. The third kappa shape index (κ3) is 5.51. The van der Waals surface area contributed by atoms with Gasteiger partial charge in [0.1, 0.15) is 0 Å². The molecule has 10 aromatic rings. The van der Waals surface area contributed by atoms with Gasteiger partial charge in [0, 0.05) is 57.8 Å². The molecular formula is C50H35N7. The molecule has 0 amide bonds. The van der Waals surface area contributed by atoms with Crippen LogP contribution in [0.3, 0.4) is 0 Å². The van der Waals surface area contributed by atoms with Crippen LogP contribution in [0.2, 0.25) is 0 Å². The van der Waals surface area contributed by atoms with Crippen LogP contribution in [0.15, 0.2) is 187 Å². The summed E-state index contributed by atoms with van der Waals surface area (Å²) < 4.78 is 4.69. The van der Waals surface area contributed by atoms with E-state index in [0.717, 1.165) is 33.4 Å². The Bertz CT molecular complexity index is 3140. The van der Waals surface area contributed by atoms with Crippen molar-refractivity contribution in [2.45, 2.75) is 6.29 Å². The van der Waals surface area contributed by atoms with Gasteiger partial charge in [0.25, 0.3) is 0 Å². The summed E-state index contributed by atoms with van der Waals surface area (Å²) in [6, 6.07) is 61.7. The number of rotatable bonds is 6. The van der Waals surface area contributed by atoms with E-state index in [1.165, 1.54) is 43.7 Å². The normalized spacial score (nSPS) is 14.2. The molecule has 11 rings (SSSR count). The average molecular weight is 734 g/mol. The first-order valence-electron chi connectivity index (χ1n) is 19.1. The Morgan fingerprint density at radius 2 is 0.895 bits per heavy atom. The van der Waals surface area contributed by atoms with Crippen LogP contribution in [0.4, 0.5) is 0 Å². The fourth-order valence-electron chi connectivity index (χ4n) is 8.31. The smallest absolute Gasteiger partial charge is 0.202 e. The number of fused-ring (bicyclic) bond motifs is 6. The van der Waals surface area contributed by atoms with Crippen molar-refractivity contribution in [3.8, 4) is 39.6 Å². The Balaban J connectivity index is 0.988. The summed E-state index contributed by atoms with van der Waals surface area (Å²) in [6.45, 7) is 0. The van der Waals surface area contributed by atoms with Crippen molar-refractivity contribution in [3.63, 3.8) is 0 Å². The molecule has 7 heteroatoms. The van der Waals surface area contributed by atoms with Crippen molar-refractivity contribution in [1.29, 1.82) is 0 Å². The standard InChI is InChI=1S/C50H35N7/c1-55-32-37(49-53-47(33-15-5-2-6-16-33)52-48(54-49)34-17-7-3-8-18-34)31-51-50(55)57-44-24-14-12-22-40(44)42-30-36(26-28-46(42)57)35-25-27-45-41(29-35)39-21-11-13-23-43(39)56(45)38-19-9-4-10-20-38/h2-32,50H,1H3. The van der Waals surface area contributed by atoms with Crippen LogP contribution in [-0.2, 0) is 0 Å². The lowest BCUT2D eigenvalue weighted by Gasteiger charge is -2.29. The van der Waals surface area contributed by atoms with E-state index in [-0.39, 0.29) is 6.29 Å². The van der Waals surface area contributed by atoms with E-state index in [1.807, 2.05) is 66.9 Å². The van der Waals surface area contributed by atoms with E-state index in [9.17, 15) is 0 Å². The second-order valence-corrected chi connectivity index (χ2v) is 14.5. The Hall–Kier alpha value is -7.64. The number of allylic oxidation sites excluding steroid dienone is 1. The van der Waals surface area contributed by atoms with Crippen molar-refractivity contribution in [2.24, 2.45) is 4.99 Å². The molecule has 4 heterocycles. The molecule has 3 aromatic heterocycles. The summed E-state index contributed by atoms with van der Waals surface area (Å²) in [5, 5.41) is 4.85. The molecule has 1 unspecified atom stereocenters. The average Bonchev–Trinajstić information content (AvgIpc) is 3.79. The van der Waals surface area contributed by atoms with Crippen molar-refractivity contribution in [1.82, 2.24) is 29.0 Å². The van der Waals surface area contributed by atoms with Crippen LogP contribution < -0.4 is 0 Å². The van der Waals surface area contributed by atoms with E-state index < -0.39 is 0 Å². The molecule has 1 aliphatic heterocycles. The summed E-state index contributed by atoms with van der Waals surface area (Å²) >= 11 is 0. The summed E-state index contributed by atoms with van der Waals surface area (Å²) in [5.41, 5.74) is 10.8. The molecule has 0 aliphatic carbocycles. The van der Waals surface area contributed by atoms with Gasteiger partial charge in [-0.3, -0.25) is 0 Å². The number of aromatic nitrogens is 5. The molecule has 0 radical (unpaired) electrons. The lowest BCUT2D eigenvalue weighted by molar-refractivity contribution is 0.268. The second kappa shape index (κ2) is 13.3. The molecule has 270 valence electrons. The van der Waals surface area contributed by atoms with Gasteiger partial charge in [-0.25, -0.2) is 19.9 Å². The van der Waals surface area contributed by atoms with E-state index in [2.05, 4.69) is 143 Å². The van der Waals surface area contributed by atoms with Gasteiger partial charge in [-0.1, -0.05) is 127 Å². The molecule has 0 saturated heterocycles. The SMILES string of the molecule is CN1C=C(c2nc(-c3ccccc3)nc(-c3ccccc3)n2)C=NC1n1c2ccccc2c2cc(-c3ccc4c(c3)c3ccccc3n4-c3ccccc3)ccc21. The summed E-state index contributed by atoms with van der Waals surface area (Å²) in [5.74, 6) is 1.82. The second-order valence-electron chi connectivity index (χ2n) is 14.5. The first kappa shape index (κ1) is 32.8. The number of benzene rings is 7. The quantitative estimate of drug-likeness (QED) is 0.171. The van der Waals surface area contributed by atoms with E-state index in [1.54, 1.807) is 0 Å². The summed E-state index contributed by atoms with van der Waals surface area (Å²) in [4.78, 5) is 22.1. The van der Waals surface area contributed by atoms with Gasteiger partial charge in [-0.15, -0.1) is 0 Å². The Morgan fingerprint density at radius 3 is 1.53 bits per heavy atom. The predicted molar refractivity (Wildman–Crippen MR) is 233 cm³/mol. The van der Waals surface area contributed by atoms with Crippen molar-refractivity contribution < 1.29 is 0 Å². The fraction of sp³-hybridized carbons (Fsp3) is 0.0400. The Kier molecular flexibility index (Phi) is 7.64. The zero-order valence-electron chi connectivity index (χ0n) is 31.1. The molecule has 0 saturated carbocycles. The highest BCUT2D eigenvalue weighted by Crippen LogP contribution is 2.39. The van der Waals surface area contributed by atoms with E-state index >= 15 is 0 Å². The third-order valence-electron chi connectivity index (χ3n) is 11.0. The zero-order chi connectivity index (χ0) is 37.9. The number of nitrogens with zero attached hydrogens (tertiary/aromatic N) is 7. The number of para-hydroxylation sites is 3. The topological polar surface area (TPSA) is 64.1 Å². The van der Waals surface area contributed by atoms with Gasteiger partial charge in [-0.2, -0.15) is 0 Å². The van der Waals surface area contributed by atoms with Gasteiger partial charge in [0.15, 0.2) is 17.5 Å². The van der Waals surface area contributed by atoms with Gasteiger partial charge < -0.3 is 14.0 Å². The fourth-order valence-corrected chi connectivity index (χ4v) is 8.31. The molecule has 0 spiro atoms. The molecule has 7 aromatic carbocycles. The molecule has 0 fully saturated rings. The molecule has 57 heavy (non-hydrogen) atoms. The van der Waals surface area contributed by atoms with Gasteiger partial charge in [-0.05, 0) is 59.7 Å². The van der Waals surface area contributed by atoms with Crippen LogP contribution in [0.1, 0.15) is 12.1 Å². The molecule has 0 bridgehead atoms. The number of hydrogen-bond donors (Lipinski definition) is 0. The number of hydrogen-bond acceptors (Lipinski definition) is 5. The van der Waals surface area contributed by atoms with Crippen molar-refractivity contribution in [3.05, 3.63) is 188 Å². The molecule has 1 atom stereocenters. The number of aliphatic imine (C=N–C) groups is 1. The zero-order valence-corrected chi connectivity index (χ0v) is 31.1. The van der Waals surface area contributed by atoms with Gasteiger partial charge in [0.05, 0.1) is 27.6 Å². The maximum Gasteiger partial charge on any atom is 0.202 e. The van der Waals surface area contributed by atoms with E-state index in [4.69, 9.17) is 19.9 Å². The Morgan fingerprint density at radius 1 is 0.421 bits per heavy atom. The van der Waals surface area contributed by atoms with Gasteiger partial charge in [0.2, 0.25) is 6.29 Å². The Labute approximate surface area is 329 Å². The van der Waals surface area contributed by atoms with Crippen LogP contribution in [0.5, 0.6) is 0 Å². The molecular weight excluding hydrogens is 699 g/mol.